The topological polar surface area (TPSA) is 75.4 Å². The van der Waals surface area contributed by atoms with E-state index in [-0.39, 0.29) is 11.2 Å². The van der Waals surface area contributed by atoms with Gasteiger partial charge in [0.25, 0.3) is 5.91 Å². The van der Waals surface area contributed by atoms with E-state index in [9.17, 15) is 9.59 Å². The Morgan fingerprint density at radius 1 is 1.08 bits per heavy atom. The van der Waals surface area contributed by atoms with E-state index < -0.39 is 5.91 Å². The summed E-state index contributed by atoms with van der Waals surface area (Å²) in [5.41, 5.74) is 0.714. The third-order valence-electron chi connectivity index (χ3n) is 4.54. The number of piperidine rings is 1. The van der Waals surface area contributed by atoms with Gasteiger partial charge in [0.05, 0.1) is 17.3 Å². The summed E-state index contributed by atoms with van der Waals surface area (Å²) in [5.74, 6) is 0.425. The molecule has 4 rings (SSSR count). The highest BCUT2D eigenvalue weighted by Crippen LogP contribution is 2.19. The van der Waals surface area contributed by atoms with Crippen LogP contribution in [0.2, 0.25) is 0 Å². The number of rotatable bonds is 3. The molecule has 2 aromatic heterocycles. The molecule has 1 aliphatic heterocycles. The molecule has 1 fully saturated rings. The second-order valence-electron chi connectivity index (χ2n) is 6.38. The average Bonchev–Trinajstić information content (AvgIpc) is 2.69. The lowest BCUT2D eigenvalue weighted by Crippen LogP contribution is -2.30. The highest BCUT2D eigenvalue weighted by Gasteiger charge is 2.14. The zero-order valence-electron chi connectivity index (χ0n) is 14.3. The van der Waals surface area contributed by atoms with Crippen LogP contribution in [-0.2, 0) is 0 Å². The zero-order chi connectivity index (χ0) is 17.9. The minimum Gasteiger partial charge on any atom is -0.451 e. The lowest BCUT2D eigenvalue weighted by molar-refractivity contribution is 0.0997. The number of nitrogens with zero attached hydrogens (tertiary/aromatic N) is 2. The molecule has 0 bridgehead atoms. The molecular weight excluding hydrogens is 330 g/mol. The van der Waals surface area contributed by atoms with Gasteiger partial charge in [-0.05, 0) is 43.5 Å². The molecule has 0 unspecified atom stereocenters. The number of carbonyl (C=O) groups excluding carboxylic acids is 1. The Morgan fingerprint density at radius 3 is 2.65 bits per heavy atom. The summed E-state index contributed by atoms with van der Waals surface area (Å²) < 4.78 is 5.55. The van der Waals surface area contributed by atoms with Crippen LogP contribution in [0.25, 0.3) is 11.0 Å². The van der Waals surface area contributed by atoms with E-state index in [0.29, 0.717) is 16.7 Å². The fourth-order valence-corrected chi connectivity index (χ4v) is 3.18. The summed E-state index contributed by atoms with van der Waals surface area (Å²) in [5, 5.41) is 3.18. The first-order valence-electron chi connectivity index (χ1n) is 8.76. The molecule has 0 radical (unpaired) electrons. The second kappa shape index (κ2) is 7.00. The lowest BCUT2D eigenvalue weighted by atomic mass is 10.1. The third-order valence-corrected chi connectivity index (χ3v) is 4.54. The van der Waals surface area contributed by atoms with Crippen LogP contribution in [0.3, 0.4) is 0 Å². The van der Waals surface area contributed by atoms with Gasteiger partial charge < -0.3 is 14.6 Å². The van der Waals surface area contributed by atoms with Crippen LogP contribution in [0.1, 0.15) is 29.8 Å². The molecule has 1 N–H and O–H groups in total. The summed E-state index contributed by atoms with van der Waals surface area (Å²) in [4.78, 5) is 31.2. The van der Waals surface area contributed by atoms with Crippen molar-refractivity contribution in [3.63, 3.8) is 0 Å². The van der Waals surface area contributed by atoms with E-state index >= 15 is 0 Å². The Kier molecular flexibility index (Phi) is 4.39. The molecule has 0 saturated carbocycles. The highest BCUT2D eigenvalue weighted by molar-refractivity contribution is 6.02. The monoisotopic (exact) mass is 349 g/mol. The number of pyridine rings is 1. The van der Waals surface area contributed by atoms with Crippen molar-refractivity contribution < 1.29 is 9.21 Å². The van der Waals surface area contributed by atoms with Gasteiger partial charge >= 0.3 is 0 Å². The zero-order valence-corrected chi connectivity index (χ0v) is 14.3. The minimum atomic E-state index is -0.472. The van der Waals surface area contributed by atoms with Gasteiger partial charge in [0.15, 0.2) is 11.2 Å². The number of hydrogen-bond acceptors (Lipinski definition) is 5. The average molecular weight is 349 g/mol. The number of aromatic nitrogens is 1. The minimum absolute atomic E-state index is 0.0196. The normalized spacial score (nSPS) is 14.4. The van der Waals surface area contributed by atoms with Crippen LogP contribution in [0.4, 0.5) is 11.5 Å². The Hall–Kier alpha value is -3.15. The largest absolute Gasteiger partial charge is 0.451 e. The maximum atomic E-state index is 12.4. The van der Waals surface area contributed by atoms with E-state index in [1.807, 2.05) is 12.1 Å². The molecule has 0 spiro atoms. The molecular formula is C20H19N3O3. The van der Waals surface area contributed by atoms with Crippen LogP contribution in [0.5, 0.6) is 0 Å². The van der Waals surface area contributed by atoms with Crippen molar-refractivity contribution in [2.45, 2.75) is 19.3 Å². The van der Waals surface area contributed by atoms with Crippen molar-refractivity contribution >= 4 is 28.4 Å². The Morgan fingerprint density at radius 2 is 1.88 bits per heavy atom. The Labute approximate surface area is 150 Å². The first-order chi connectivity index (χ1) is 12.7. The standard InChI is InChI=1S/C20H19N3O3/c24-16-12-18(26-17-7-3-2-6-15(16)17)20(25)22-14-8-9-19(21-13-14)23-10-4-1-5-11-23/h2-3,6-9,12-13H,1,4-5,10-11H2,(H,22,25). The number of amides is 1. The first-order valence-corrected chi connectivity index (χ1v) is 8.76. The molecule has 0 atom stereocenters. The number of anilines is 2. The molecule has 26 heavy (non-hydrogen) atoms. The first kappa shape index (κ1) is 16.3. The summed E-state index contributed by atoms with van der Waals surface area (Å²) in [7, 11) is 0. The van der Waals surface area contributed by atoms with Gasteiger partial charge in [-0.1, -0.05) is 12.1 Å². The number of carbonyl (C=O) groups is 1. The summed E-state index contributed by atoms with van der Waals surface area (Å²) in [6.07, 6.45) is 5.25. The fraction of sp³-hybridized carbons (Fsp3) is 0.250. The molecule has 1 aliphatic rings. The number of nitrogens with one attached hydrogen (secondary N) is 1. The molecule has 6 nitrogen and oxygen atoms in total. The number of para-hydroxylation sites is 1. The maximum absolute atomic E-state index is 12.4. The van der Waals surface area contributed by atoms with Crippen molar-refractivity contribution in [3.8, 4) is 0 Å². The van der Waals surface area contributed by atoms with Crippen molar-refractivity contribution in [1.82, 2.24) is 4.98 Å². The number of benzene rings is 1. The molecule has 1 aromatic carbocycles. The predicted octanol–water partition coefficient (Wildman–Crippen LogP) is 3.43. The van der Waals surface area contributed by atoms with Gasteiger partial charge in [-0.15, -0.1) is 0 Å². The smallest absolute Gasteiger partial charge is 0.291 e. The molecule has 0 aliphatic carbocycles. The summed E-state index contributed by atoms with van der Waals surface area (Å²) in [6, 6.07) is 11.8. The molecule has 3 aromatic rings. The molecule has 1 amide bonds. The van der Waals surface area contributed by atoms with Gasteiger partial charge in [-0.3, -0.25) is 9.59 Å². The summed E-state index contributed by atoms with van der Waals surface area (Å²) >= 11 is 0. The fourth-order valence-electron chi connectivity index (χ4n) is 3.18. The Bertz CT molecular complexity index is 989. The van der Waals surface area contributed by atoms with Crippen molar-refractivity contribution in [2.75, 3.05) is 23.3 Å². The number of hydrogen-bond donors (Lipinski definition) is 1. The maximum Gasteiger partial charge on any atom is 0.291 e. The number of fused-ring (bicyclic) bond motifs is 1. The van der Waals surface area contributed by atoms with Crippen LogP contribution >= 0.6 is 0 Å². The van der Waals surface area contributed by atoms with E-state index in [2.05, 4.69) is 15.2 Å². The van der Waals surface area contributed by atoms with Crippen molar-refractivity contribution in [1.29, 1.82) is 0 Å². The van der Waals surface area contributed by atoms with Crippen molar-refractivity contribution in [2.24, 2.45) is 0 Å². The van der Waals surface area contributed by atoms with Crippen LogP contribution < -0.4 is 15.6 Å². The highest BCUT2D eigenvalue weighted by atomic mass is 16.3. The van der Waals surface area contributed by atoms with Crippen LogP contribution in [0.15, 0.2) is 57.9 Å². The molecule has 3 heterocycles. The van der Waals surface area contributed by atoms with E-state index in [0.717, 1.165) is 18.9 Å². The SMILES string of the molecule is O=C(Nc1ccc(N2CCCCC2)nc1)c1cc(=O)c2ccccc2o1. The Balaban J connectivity index is 1.52. The van der Waals surface area contributed by atoms with Gasteiger partial charge in [0.1, 0.15) is 11.4 Å². The second-order valence-corrected chi connectivity index (χ2v) is 6.38. The quantitative estimate of drug-likeness (QED) is 0.784. The van der Waals surface area contributed by atoms with Crippen LogP contribution in [0, 0.1) is 0 Å². The van der Waals surface area contributed by atoms with E-state index in [1.165, 1.54) is 25.3 Å². The third kappa shape index (κ3) is 3.31. The van der Waals surface area contributed by atoms with Gasteiger partial charge in [0, 0.05) is 19.2 Å². The van der Waals surface area contributed by atoms with E-state index in [4.69, 9.17) is 4.42 Å². The van der Waals surface area contributed by atoms with E-state index in [1.54, 1.807) is 30.5 Å². The lowest BCUT2D eigenvalue weighted by Gasteiger charge is -2.27. The molecule has 1 saturated heterocycles. The van der Waals surface area contributed by atoms with Crippen LogP contribution in [-0.4, -0.2) is 24.0 Å². The van der Waals surface area contributed by atoms with Crippen molar-refractivity contribution in [3.05, 3.63) is 64.6 Å². The molecule has 6 heteroatoms. The van der Waals surface area contributed by atoms with Gasteiger partial charge in [-0.25, -0.2) is 4.98 Å². The van der Waals surface area contributed by atoms with Gasteiger partial charge in [0.2, 0.25) is 0 Å². The predicted molar refractivity (Wildman–Crippen MR) is 101 cm³/mol. The van der Waals surface area contributed by atoms with Gasteiger partial charge in [-0.2, -0.15) is 0 Å². The molecule has 132 valence electrons. The summed E-state index contributed by atoms with van der Waals surface area (Å²) in [6.45, 7) is 2.03.